The number of H-pyrrole nitrogens is 1. The normalized spacial score (nSPS) is 11.5. The number of hydrogen-bond acceptors (Lipinski definition) is 3. The summed E-state index contributed by atoms with van der Waals surface area (Å²) in [5.74, 6) is -0.0938. The lowest BCUT2D eigenvalue weighted by Gasteiger charge is -2.12. The summed E-state index contributed by atoms with van der Waals surface area (Å²) in [7, 11) is 8.19. The molecule has 0 fully saturated rings. The molecule has 0 atom stereocenters. The summed E-state index contributed by atoms with van der Waals surface area (Å²) in [6, 6.07) is 14.4. The van der Waals surface area contributed by atoms with Gasteiger partial charge in [-0.3, -0.25) is 4.79 Å². The third-order valence-electron chi connectivity index (χ3n) is 4.97. The number of likely N-dealkylation sites (N-methyl/N-ethyl adjacent to an activating group) is 1. The van der Waals surface area contributed by atoms with Crippen LogP contribution in [0.1, 0.15) is 16.7 Å². The minimum atomic E-state index is -0.0938. The van der Waals surface area contributed by atoms with Crippen LogP contribution < -0.4 is 10.2 Å². The first-order valence-electron chi connectivity index (χ1n) is 9.89. The SMILES string of the molecule is CN(C)CCc1c[nH]c2ccc(/C=C/C(=O)NCc3ccc(N(C)C)cc3)cc12. The van der Waals surface area contributed by atoms with Crippen LogP contribution in [0.2, 0.25) is 0 Å². The van der Waals surface area contributed by atoms with E-state index in [1.54, 1.807) is 6.08 Å². The zero-order valence-electron chi connectivity index (χ0n) is 17.7. The van der Waals surface area contributed by atoms with Crippen molar-refractivity contribution in [1.29, 1.82) is 0 Å². The summed E-state index contributed by atoms with van der Waals surface area (Å²) in [5.41, 5.74) is 5.67. The molecule has 0 bridgehead atoms. The Bertz CT molecular complexity index is 984. The summed E-state index contributed by atoms with van der Waals surface area (Å²) in [4.78, 5) is 19.8. The minimum absolute atomic E-state index is 0.0938. The van der Waals surface area contributed by atoms with Gasteiger partial charge in [0.05, 0.1) is 0 Å². The van der Waals surface area contributed by atoms with Gasteiger partial charge in [-0.15, -0.1) is 0 Å². The molecule has 0 spiro atoms. The van der Waals surface area contributed by atoms with E-state index in [-0.39, 0.29) is 5.91 Å². The number of nitrogens with one attached hydrogen (secondary N) is 2. The number of rotatable bonds is 8. The van der Waals surface area contributed by atoms with Gasteiger partial charge in [0.1, 0.15) is 0 Å². The number of anilines is 1. The molecule has 0 saturated heterocycles. The number of aromatic amines is 1. The first-order chi connectivity index (χ1) is 13.9. The van der Waals surface area contributed by atoms with Gasteiger partial charge in [0.25, 0.3) is 0 Å². The van der Waals surface area contributed by atoms with Gasteiger partial charge in [-0.25, -0.2) is 0 Å². The van der Waals surface area contributed by atoms with Gasteiger partial charge >= 0.3 is 0 Å². The van der Waals surface area contributed by atoms with Crippen LogP contribution in [-0.4, -0.2) is 50.5 Å². The maximum absolute atomic E-state index is 12.2. The molecule has 3 aromatic rings. The zero-order chi connectivity index (χ0) is 20.8. The Morgan fingerprint density at radius 3 is 2.52 bits per heavy atom. The van der Waals surface area contributed by atoms with Crippen molar-refractivity contribution in [3.05, 3.63) is 71.4 Å². The molecule has 0 aliphatic carbocycles. The fourth-order valence-corrected chi connectivity index (χ4v) is 3.18. The second-order valence-electron chi connectivity index (χ2n) is 7.78. The molecule has 1 aromatic heterocycles. The van der Waals surface area contributed by atoms with E-state index >= 15 is 0 Å². The molecular weight excluding hydrogens is 360 g/mol. The number of benzene rings is 2. The predicted octanol–water partition coefficient (Wildman–Crippen LogP) is 3.67. The third-order valence-corrected chi connectivity index (χ3v) is 4.97. The van der Waals surface area contributed by atoms with Crippen LogP contribution in [0.15, 0.2) is 54.7 Å². The second-order valence-corrected chi connectivity index (χ2v) is 7.78. The van der Waals surface area contributed by atoms with Gasteiger partial charge < -0.3 is 20.1 Å². The third kappa shape index (κ3) is 5.72. The van der Waals surface area contributed by atoms with E-state index in [0.29, 0.717) is 6.54 Å². The van der Waals surface area contributed by atoms with Gasteiger partial charge in [0.15, 0.2) is 0 Å². The molecule has 152 valence electrons. The van der Waals surface area contributed by atoms with E-state index in [9.17, 15) is 4.79 Å². The molecule has 3 rings (SSSR count). The Morgan fingerprint density at radius 2 is 1.83 bits per heavy atom. The molecule has 0 radical (unpaired) electrons. The Labute approximate surface area is 173 Å². The Balaban J connectivity index is 1.60. The molecule has 29 heavy (non-hydrogen) atoms. The highest BCUT2D eigenvalue weighted by atomic mass is 16.1. The van der Waals surface area contributed by atoms with E-state index in [0.717, 1.165) is 35.3 Å². The van der Waals surface area contributed by atoms with Crippen LogP contribution in [-0.2, 0) is 17.8 Å². The zero-order valence-corrected chi connectivity index (χ0v) is 17.7. The first-order valence-corrected chi connectivity index (χ1v) is 9.89. The maximum atomic E-state index is 12.2. The molecule has 1 heterocycles. The number of nitrogens with zero attached hydrogens (tertiary/aromatic N) is 2. The molecule has 0 aliphatic heterocycles. The van der Waals surface area contributed by atoms with E-state index < -0.39 is 0 Å². The lowest BCUT2D eigenvalue weighted by atomic mass is 10.1. The molecule has 0 aliphatic rings. The number of carbonyl (C=O) groups is 1. The Kier molecular flexibility index (Phi) is 6.73. The lowest BCUT2D eigenvalue weighted by Crippen LogP contribution is -2.20. The smallest absolute Gasteiger partial charge is 0.244 e. The minimum Gasteiger partial charge on any atom is -0.378 e. The van der Waals surface area contributed by atoms with Crippen molar-refractivity contribution < 1.29 is 4.79 Å². The van der Waals surface area contributed by atoms with Crippen LogP contribution in [0.3, 0.4) is 0 Å². The van der Waals surface area contributed by atoms with E-state index in [4.69, 9.17) is 0 Å². The number of carbonyl (C=O) groups excluding carboxylic acids is 1. The largest absolute Gasteiger partial charge is 0.378 e. The van der Waals surface area contributed by atoms with Crippen LogP contribution in [0.5, 0.6) is 0 Å². The van der Waals surface area contributed by atoms with Gasteiger partial charge in [0.2, 0.25) is 5.91 Å². The molecule has 5 nitrogen and oxygen atoms in total. The van der Waals surface area contributed by atoms with E-state index in [2.05, 4.69) is 64.7 Å². The highest BCUT2D eigenvalue weighted by Gasteiger charge is 2.05. The van der Waals surface area contributed by atoms with Crippen molar-refractivity contribution in [2.75, 3.05) is 39.6 Å². The molecule has 2 aromatic carbocycles. The number of amides is 1. The van der Waals surface area contributed by atoms with Crippen molar-refractivity contribution in [3.8, 4) is 0 Å². The Hall–Kier alpha value is -3.05. The van der Waals surface area contributed by atoms with Gasteiger partial charge in [-0.2, -0.15) is 0 Å². The monoisotopic (exact) mass is 390 g/mol. The fourth-order valence-electron chi connectivity index (χ4n) is 3.18. The average molecular weight is 391 g/mol. The van der Waals surface area contributed by atoms with Crippen molar-refractivity contribution in [1.82, 2.24) is 15.2 Å². The highest BCUT2D eigenvalue weighted by molar-refractivity contribution is 5.93. The first kappa shape index (κ1) is 20.7. The van der Waals surface area contributed by atoms with Gasteiger partial charge in [-0.1, -0.05) is 18.2 Å². The van der Waals surface area contributed by atoms with E-state index in [1.165, 1.54) is 10.9 Å². The second kappa shape index (κ2) is 9.43. The van der Waals surface area contributed by atoms with Crippen LogP contribution in [0.4, 0.5) is 5.69 Å². The number of fused-ring (bicyclic) bond motifs is 1. The number of aromatic nitrogens is 1. The fraction of sp³-hybridized carbons (Fsp3) is 0.292. The summed E-state index contributed by atoms with van der Waals surface area (Å²) >= 11 is 0. The highest BCUT2D eigenvalue weighted by Crippen LogP contribution is 2.21. The van der Waals surface area contributed by atoms with Gasteiger partial charge in [0, 0.05) is 56.0 Å². The standard InChI is InChI=1S/C24H30N4O/c1-27(2)14-13-20-17-25-23-11-7-18(15-22(20)23)8-12-24(29)26-16-19-5-9-21(10-6-19)28(3)4/h5-12,15,17,25H,13-14,16H2,1-4H3,(H,26,29)/b12-8+. The molecule has 2 N–H and O–H groups in total. The molecule has 0 saturated carbocycles. The molecule has 0 unspecified atom stereocenters. The summed E-state index contributed by atoms with van der Waals surface area (Å²) < 4.78 is 0. The van der Waals surface area contributed by atoms with Crippen molar-refractivity contribution in [2.24, 2.45) is 0 Å². The summed E-state index contributed by atoms with van der Waals surface area (Å²) in [5, 5.41) is 4.16. The summed E-state index contributed by atoms with van der Waals surface area (Å²) in [6.45, 7) is 1.52. The average Bonchev–Trinajstić information content (AvgIpc) is 3.11. The molecule has 1 amide bonds. The topological polar surface area (TPSA) is 51.4 Å². The van der Waals surface area contributed by atoms with Crippen LogP contribution in [0, 0.1) is 0 Å². The quantitative estimate of drug-likeness (QED) is 0.577. The van der Waals surface area contributed by atoms with Crippen molar-refractivity contribution in [2.45, 2.75) is 13.0 Å². The summed E-state index contributed by atoms with van der Waals surface area (Å²) in [6.07, 6.45) is 6.54. The number of hydrogen-bond donors (Lipinski definition) is 2. The predicted molar refractivity (Wildman–Crippen MR) is 122 cm³/mol. The van der Waals surface area contributed by atoms with Crippen molar-refractivity contribution in [3.63, 3.8) is 0 Å². The van der Waals surface area contributed by atoms with Crippen molar-refractivity contribution >= 4 is 28.6 Å². The van der Waals surface area contributed by atoms with E-state index in [1.807, 2.05) is 38.4 Å². The van der Waals surface area contributed by atoms with Gasteiger partial charge in [-0.05, 0) is 67.5 Å². The lowest BCUT2D eigenvalue weighted by molar-refractivity contribution is -0.116. The van der Waals surface area contributed by atoms with Crippen LogP contribution in [0.25, 0.3) is 17.0 Å². The Morgan fingerprint density at radius 1 is 1.07 bits per heavy atom. The van der Waals surface area contributed by atoms with Crippen LogP contribution >= 0.6 is 0 Å². The maximum Gasteiger partial charge on any atom is 0.244 e. The molecular formula is C24H30N4O. The molecule has 5 heteroatoms.